The molecule has 0 bridgehead atoms. The van der Waals surface area contributed by atoms with E-state index < -0.39 is 0 Å². The van der Waals surface area contributed by atoms with Crippen molar-refractivity contribution >= 4 is 5.95 Å². The van der Waals surface area contributed by atoms with Crippen LogP contribution >= 0.6 is 0 Å². The number of anilines is 1. The molecule has 0 amide bonds. The minimum Gasteiger partial charge on any atom is -0.435 e. The van der Waals surface area contributed by atoms with E-state index in [9.17, 15) is 0 Å². The highest BCUT2D eigenvalue weighted by Crippen LogP contribution is 2.22. The molecule has 0 aliphatic carbocycles. The third-order valence-electron chi connectivity index (χ3n) is 1.95. The van der Waals surface area contributed by atoms with E-state index in [4.69, 9.17) is 10.6 Å². The van der Waals surface area contributed by atoms with Gasteiger partial charge in [-0.1, -0.05) is 0 Å². The Morgan fingerprint density at radius 3 is 2.88 bits per heavy atom. The molecule has 0 atom stereocenters. The third-order valence-corrected chi connectivity index (χ3v) is 1.95. The Labute approximate surface area is 92.2 Å². The van der Waals surface area contributed by atoms with Crippen molar-refractivity contribution in [3.63, 3.8) is 0 Å². The standard InChI is InChI=1S/C9H12N6O/c1-6-3-11-9(14-10)13-8(6)16-7-4-12-15(2)5-7/h3-5H,10H2,1-2H3,(H,11,13,14). The molecule has 3 N–H and O–H groups in total. The SMILES string of the molecule is Cc1cnc(NN)nc1Oc1cnn(C)c1. The van der Waals surface area contributed by atoms with Crippen LogP contribution in [0.1, 0.15) is 5.56 Å². The Balaban J connectivity index is 2.26. The molecule has 7 nitrogen and oxygen atoms in total. The number of aromatic nitrogens is 4. The fourth-order valence-corrected chi connectivity index (χ4v) is 1.16. The number of nitrogens with two attached hydrogens (primary N) is 1. The lowest BCUT2D eigenvalue weighted by Crippen LogP contribution is -2.10. The first-order valence-electron chi connectivity index (χ1n) is 4.66. The number of hydrogen-bond donors (Lipinski definition) is 2. The molecule has 16 heavy (non-hydrogen) atoms. The Hall–Kier alpha value is -2.15. The minimum atomic E-state index is 0.310. The van der Waals surface area contributed by atoms with Crippen molar-refractivity contribution in [2.24, 2.45) is 12.9 Å². The van der Waals surface area contributed by atoms with Crippen LogP contribution in [0.5, 0.6) is 11.6 Å². The van der Waals surface area contributed by atoms with E-state index in [0.717, 1.165) is 5.56 Å². The van der Waals surface area contributed by atoms with Crippen molar-refractivity contribution < 1.29 is 4.74 Å². The van der Waals surface area contributed by atoms with Crippen molar-refractivity contribution in [2.75, 3.05) is 5.43 Å². The Kier molecular flexibility index (Phi) is 2.69. The van der Waals surface area contributed by atoms with Gasteiger partial charge in [0.25, 0.3) is 0 Å². The van der Waals surface area contributed by atoms with E-state index >= 15 is 0 Å². The molecular weight excluding hydrogens is 208 g/mol. The van der Waals surface area contributed by atoms with Crippen LogP contribution in [-0.4, -0.2) is 19.7 Å². The highest BCUT2D eigenvalue weighted by molar-refractivity contribution is 5.34. The van der Waals surface area contributed by atoms with Gasteiger partial charge in [0.2, 0.25) is 11.8 Å². The predicted octanol–water partition coefficient (Wildman–Crippen LogP) is 0.596. The number of rotatable bonds is 3. The first-order valence-corrected chi connectivity index (χ1v) is 4.66. The van der Waals surface area contributed by atoms with Gasteiger partial charge < -0.3 is 4.74 Å². The maximum absolute atomic E-state index is 5.54. The second kappa shape index (κ2) is 4.15. The zero-order chi connectivity index (χ0) is 11.5. The minimum absolute atomic E-state index is 0.310. The molecule has 0 saturated carbocycles. The van der Waals surface area contributed by atoms with Crippen LogP contribution in [0.2, 0.25) is 0 Å². The summed E-state index contributed by atoms with van der Waals surface area (Å²) in [4.78, 5) is 8.05. The van der Waals surface area contributed by atoms with Crippen molar-refractivity contribution in [1.29, 1.82) is 0 Å². The second-order valence-electron chi connectivity index (χ2n) is 3.28. The molecule has 7 heteroatoms. The summed E-state index contributed by atoms with van der Waals surface area (Å²) in [5.41, 5.74) is 3.18. The van der Waals surface area contributed by atoms with Gasteiger partial charge in [-0.15, -0.1) is 0 Å². The van der Waals surface area contributed by atoms with E-state index in [1.165, 1.54) is 0 Å². The lowest BCUT2D eigenvalue weighted by Gasteiger charge is -2.06. The molecule has 0 radical (unpaired) electrons. The third kappa shape index (κ3) is 2.09. The Morgan fingerprint density at radius 2 is 2.25 bits per heavy atom. The van der Waals surface area contributed by atoms with E-state index in [0.29, 0.717) is 17.6 Å². The van der Waals surface area contributed by atoms with Crippen LogP contribution < -0.4 is 16.0 Å². The summed E-state index contributed by atoms with van der Waals surface area (Å²) in [5.74, 6) is 6.60. The number of ether oxygens (including phenoxy) is 1. The van der Waals surface area contributed by atoms with Crippen LogP contribution in [0.15, 0.2) is 18.6 Å². The zero-order valence-corrected chi connectivity index (χ0v) is 9.01. The first-order chi connectivity index (χ1) is 7.69. The summed E-state index contributed by atoms with van der Waals surface area (Å²) in [7, 11) is 1.81. The summed E-state index contributed by atoms with van der Waals surface area (Å²) in [6, 6.07) is 0. The van der Waals surface area contributed by atoms with Crippen molar-refractivity contribution in [1.82, 2.24) is 19.7 Å². The average Bonchev–Trinajstić information content (AvgIpc) is 2.67. The average molecular weight is 220 g/mol. The van der Waals surface area contributed by atoms with Crippen LogP contribution in [0.3, 0.4) is 0 Å². The van der Waals surface area contributed by atoms with E-state index in [1.807, 2.05) is 14.0 Å². The molecule has 0 aromatic carbocycles. The van der Waals surface area contributed by atoms with Crippen LogP contribution in [0.25, 0.3) is 0 Å². The molecule has 0 aliphatic heterocycles. The highest BCUT2D eigenvalue weighted by Gasteiger charge is 2.06. The largest absolute Gasteiger partial charge is 0.435 e. The van der Waals surface area contributed by atoms with E-state index in [2.05, 4.69) is 20.5 Å². The highest BCUT2D eigenvalue weighted by atomic mass is 16.5. The topological polar surface area (TPSA) is 90.9 Å². The van der Waals surface area contributed by atoms with Crippen molar-refractivity contribution in [3.05, 3.63) is 24.2 Å². The van der Waals surface area contributed by atoms with E-state index in [-0.39, 0.29) is 0 Å². The summed E-state index contributed by atoms with van der Waals surface area (Å²) < 4.78 is 7.19. The molecule has 84 valence electrons. The van der Waals surface area contributed by atoms with Crippen LogP contribution in [0.4, 0.5) is 5.95 Å². The second-order valence-corrected chi connectivity index (χ2v) is 3.28. The Bertz CT molecular complexity index is 494. The van der Waals surface area contributed by atoms with Gasteiger partial charge in [-0.3, -0.25) is 10.1 Å². The van der Waals surface area contributed by atoms with E-state index in [1.54, 1.807) is 23.3 Å². The molecule has 0 spiro atoms. The van der Waals surface area contributed by atoms with Gasteiger partial charge in [0.1, 0.15) is 0 Å². The molecule has 0 unspecified atom stereocenters. The molecular formula is C9H12N6O. The molecule has 2 aromatic rings. The van der Waals surface area contributed by atoms with Gasteiger partial charge >= 0.3 is 0 Å². The van der Waals surface area contributed by atoms with Gasteiger partial charge in [0, 0.05) is 18.8 Å². The van der Waals surface area contributed by atoms with Gasteiger partial charge in [-0.2, -0.15) is 10.1 Å². The lowest BCUT2D eigenvalue weighted by molar-refractivity contribution is 0.457. The normalized spacial score (nSPS) is 10.2. The van der Waals surface area contributed by atoms with Gasteiger partial charge in [0.15, 0.2) is 5.75 Å². The first kappa shape index (κ1) is 10.4. The number of aryl methyl sites for hydroxylation is 2. The van der Waals surface area contributed by atoms with Crippen molar-refractivity contribution in [2.45, 2.75) is 6.92 Å². The maximum Gasteiger partial charge on any atom is 0.240 e. The summed E-state index contributed by atoms with van der Waals surface area (Å²) in [6.07, 6.45) is 4.99. The number of nitrogens with zero attached hydrogens (tertiary/aromatic N) is 4. The molecule has 2 aromatic heterocycles. The molecule has 0 saturated heterocycles. The summed E-state index contributed by atoms with van der Waals surface area (Å²) in [5, 5.41) is 3.99. The number of nitrogens with one attached hydrogen (secondary N) is 1. The van der Waals surface area contributed by atoms with Gasteiger partial charge in [-0.25, -0.2) is 10.8 Å². The molecule has 0 aliphatic rings. The summed E-state index contributed by atoms with van der Waals surface area (Å²) >= 11 is 0. The fourth-order valence-electron chi connectivity index (χ4n) is 1.16. The maximum atomic E-state index is 5.54. The zero-order valence-electron chi connectivity index (χ0n) is 9.01. The monoisotopic (exact) mass is 220 g/mol. The number of hydrazine groups is 1. The number of nitrogen functional groups attached to an aromatic ring is 1. The van der Waals surface area contributed by atoms with Crippen LogP contribution in [-0.2, 0) is 7.05 Å². The quantitative estimate of drug-likeness (QED) is 0.581. The number of hydrogen-bond acceptors (Lipinski definition) is 6. The molecule has 0 fully saturated rings. The van der Waals surface area contributed by atoms with Crippen molar-refractivity contribution in [3.8, 4) is 11.6 Å². The molecule has 2 rings (SSSR count). The summed E-state index contributed by atoms with van der Waals surface area (Å²) in [6.45, 7) is 1.85. The predicted molar refractivity (Wildman–Crippen MR) is 57.9 cm³/mol. The van der Waals surface area contributed by atoms with Crippen LogP contribution in [0, 0.1) is 6.92 Å². The fraction of sp³-hybridized carbons (Fsp3) is 0.222. The molecule has 2 heterocycles. The Morgan fingerprint density at radius 1 is 1.44 bits per heavy atom. The lowest BCUT2D eigenvalue weighted by atomic mass is 10.4. The smallest absolute Gasteiger partial charge is 0.240 e. The van der Waals surface area contributed by atoms with Gasteiger partial charge in [-0.05, 0) is 6.92 Å². The van der Waals surface area contributed by atoms with Gasteiger partial charge in [0.05, 0.1) is 12.4 Å².